The average molecular weight is 235 g/mol. The number of anilines is 1. The van der Waals surface area contributed by atoms with Crippen LogP contribution in [0.2, 0.25) is 0 Å². The van der Waals surface area contributed by atoms with E-state index in [2.05, 4.69) is 35.6 Å². The van der Waals surface area contributed by atoms with Gasteiger partial charge in [-0.3, -0.25) is 0 Å². The van der Waals surface area contributed by atoms with E-state index in [1.54, 1.807) is 11.3 Å². The molecular formula is C12H17N3S. The number of hydrogen-bond acceptors (Lipinski definition) is 4. The van der Waals surface area contributed by atoms with Crippen molar-refractivity contribution >= 4 is 27.2 Å². The lowest BCUT2D eigenvalue weighted by molar-refractivity contribution is 0.520. The normalized spacial score (nSPS) is 14.9. The van der Waals surface area contributed by atoms with Gasteiger partial charge in [-0.2, -0.15) is 0 Å². The molecule has 2 heterocycles. The molecule has 0 aliphatic carbocycles. The van der Waals surface area contributed by atoms with Crippen molar-refractivity contribution in [3.05, 3.63) is 23.7 Å². The fraction of sp³-hybridized carbons (Fsp3) is 0.417. The van der Waals surface area contributed by atoms with E-state index in [9.17, 15) is 0 Å². The SMILES string of the molecule is CC(CN)C(C)Nc1nccc2sccc12. The smallest absolute Gasteiger partial charge is 0.134 e. The van der Waals surface area contributed by atoms with Crippen LogP contribution in [0.1, 0.15) is 13.8 Å². The molecule has 0 amide bonds. The van der Waals surface area contributed by atoms with Gasteiger partial charge in [0.05, 0.1) is 0 Å². The van der Waals surface area contributed by atoms with E-state index in [1.807, 2.05) is 12.3 Å². The molecule has 0 aromatic carbocycles. The molecule has 2 aromatic heterocycles. The summed E-state index contributed by atoms with van der Waals surface area (Å²) in [5.74, 6) is 1.40. The zero-order valence-electron chi connectivity index (χ0n) is 9.60. The molecular weight excluding hydrogens is 218 g/mol. The van der Waals surface area contributed by atoms with E-state index in [4.69, 9.17) is 5.73 Å². The first kappa shape index (κ1) is 11.4. The molecule has 16 heavy (non-hydrogen) atoms. The Morgan fingerprint density at radius 1 is 1.44 bits per heavy atom. The van der Waals surface area contributed by atoms with Crippen LogP contribution in [0.25, 0.3) is 10.1 Å². The standard InChI is InChI=1S/C12H17N3S/c1-8(7-13)9(2)15-12-10-4-6-16-11(10)3-5-14-12/h3-6,8-9H,7,13H2,1-2H3,(H,14,15). The summed E-state index contributed by atoms with van der Waals surface area (Å²) in [5.41, 5.74) is 5.66. The fourth-order valence-corrected chi connectivity index (χ4v) is 2.35. The van der Waals surface area contributed by atoms with Gasteiger partial charge in [-0.05, 0) is 36.9 Å². The van der Waals surface area contributed by atoms with Gasteiger partial charge in [0.1, 0.15) is 5.82 Å². The Morgan fingerprint density at radius 3 is 3.00 bits per heavy atom. The average Bonchev–Trinajstić information content (AvgIpc) is 2.77. The summed E-state index contributed by atoms with van der Waals surface area (Å²) >= 11 is 1.74. The molecule has 0 aliphatic rings. The van der Waals surface area contributed by atoms with Crippen molar-refractivity contribution in [2.45, 2.75) is 19.9 Å². The predicted molar refractivity (Wildman–Crippen MR) is 70.9 cm³/mol. The highest BCUT2D eigenvalue weighted by Crippen LogP contribution is 2.26. The fourth-order valence-electron chi connectivity index (χ4n) is 1.57. The lowest BCUT2D eigenvalue weighted by atomic mass is 10.0. The lowest BCUT2D eigenvalue weighted by Crippen LogP contribution is -2.29. The van der Waals surface area contributed by atoms with Gasteiger partial charge < -0.3 is 11.1 Å². The van der Waals surface area contributed by atoms with Crippen molar-refractivity contribution in [3.8, 4) is 0 Å². The number of nitrogens with one attached hydrogen (secondary N) is 1. The third-order valence-electron chi connectivity index (χ3n) is 2.97. The minimum absolute atomic E-state index is 0.336. The minimum Gasteiger partial charge on any atom is -0.367 e. The molecule has 0 fully saturated rings. The van der Waals surface area contributed by atoms with Crippen LogP contribution in [0.5, 0.6) is 0 Å². The second-order valence-corrected chi connectivity index (χ2v) is 5.09. The first-order valence-corrected chi connectivity index (χ1v) is 6.39. The van der Waals surface area contributed by atoms with Gasteiger partial charge >= 0.3 is 0 Å². The number of nitrogens with zero attached hydrogens (tertiary/aromatic N) is 1. The van der Waals surface area contributed by atoms with Crippen LogP contribution >= 0.6 is 11.3 Å². The van der Waals surface area contributed by atoms with Crippen LogP contribution in [-0.2, 0) is 0 Å². The third kappa shape index (κ3) is 2.18. The highest BCUT2D eigenvalue weighted by molar-refractivity contribution is 7.17. The Kier molecular flexibility index (Phi) is 3.41. The zero-order valence-corrected chi connectivity index (χ0v) is 10.4. The first-order valence-electron chi connectivity index (χ1n) is 5.51. The lowest BCUT2D eigenvalue weighted by Gasteiger charge is -2.20. The molecule has 4 heteroatoms. The van der Waals surface area contributed by atoms with Gasteiger partial charge in [-0.1, -0.05) is 6.92 Å². The van der Waals surface area contributed by atoms with E-state index < -0.39 is 0 Å². The van der Waals surface area contributed by atoms with E-state index in [0.29, 0.717) is 18.5 Å². The third-order valence-corrected chi connectivity index (χ3v) is 3.85. The predicted octanol–water partition coefficient (Wildman–Crippen LogP) is 2.69. The second-order valence-electron chi connectivity index (χ2n) is 4.14. The van der Waals surface area contributed by atoms with Gasteiger partial charge in [0.15, 0.2) is 0 Å². The Labute approximate surface area is 99.7 Å². The quantitative estimate of drug-likeness (QED) is 0.856. The van der Waals surface area contributed by atoms with Gasteiger partial charge in [0.25, 0.3) is 0 Å². The van der Waals surface area contributed by atoms with Gasteiger partial charge in [-0.25, -0.2) is 4.98 Å². The van der Waals surface area contributed by atoms with E-state index in [1.165, 1.54) is 10.1 Å². The molecule has 0 bridgehead atoms. The highest BCUT2D eigenvalue weighted by Gasteiger charge is 2.12. The maximum Gasteiger partial charge on any atom is 0.134 e. The zero-order chi connectivity index (χ0) is 11.5. The highest BCUT2D eigenvalue weighted by atomic mass is 32.1. The van der Waals surface area contributed by atoms with Crippen molar-refractivity contribution < 1.29 is 0 Å². The number of rotatable bonds is 4. The molecule has 2 atom stereocenters. The number of hydrogen-bond donors (Lipinski definition) is 2. The number of nitrogens with two attached hydrogens (primary N) is 1. The molecule has 86 valence electrons. The topological polar surface area (TPSA) is 50.9 Å². The number of fused-ring (bicyclic) bond motifs is 1. The van der Waals surface area contributed by atoms with Gasteiger partial charge in [0, 0.05) is 22.3 Å². The van der Waals surface area contributed by atoms with Crippen molar-refractivity contribution in [2.75, 3.05) is 11.9 Å². The Morgan fingerprint density at radius 2 is 2.25 bits per heavy atom. The Bertz CT molecular complexity index is 466. The maximum atomic E-state index is 5.66. The number of pyridine rings is 1. The molecule has 0 saturated heterocycles. The molecule has 2 aromatic rings. The second kappa shape index (κ2) is 4.80. The van der Waals surface area contributed by atoms with Crippen LogP contribution in [0, 0.1) is 5.92 Å². The summed E-state index contributed by atoms with van der Waals surface area (Å²) in [5, 5.41) is 6.73. The van der Waals surface area contributed by atoms with Crippen molar-refractivity contribution in [1.82, 2.24) is 4.98 Å². The summed E-state index contributed by atoms with van der Waals surface area (Å²) in [4.78, 5) is 4.39. The van der Waals surface area contributed by atoms with E-state index in [0.717, 1.165) is 5.82 Å². The maximum absolute atomic E-state index is 5.66. The minimum atomic E-state index is 0.336. The Hall–Kier alpha value is -1.13. The largest absolute Gasteiger partial charge is 0.367 e. The molecule has 2 unspecified atom stereocenters. The monoisotopic (exact) mass is 235 g/mol. The number of aromatic nitrogens is 1. The first-order chi connectivity index (χ1) is 7.72. The molecule has 3 N–H and O–H groups in total. The van der Waals surface area contributed by atoms with Crippen LogP contribution < -0.4 is 11.1 Å². The number of thiophene rings is 1. The summed E-state index contributed by atoms with van der Waals surface area (Å²) in [6.45, 7) is 4.98. The Balaban J connectivity index is 2.23. The van der Waals surface area contributed by atoms with Crippen molar-refractivity contribution in [2.24, 2.45) is 11.7 Å². The summed E-state index contributed by atoms with van der Waals surface area (Å²) in [7, 11) is 0. The molecule has 0 radical (unpaired) electrons. The summed E-state index contributed by atoms with van der Waals surface area (Å²) in [6, 6.07) is 4.49. The molecule has 0 saturated carbocycles. The molecule has 2 rings (SSSR count). The van der Waals surface area contributed by atoms with Crippen LogP contribution in [0.4, 0.5) is 5.82 Å². The van der Waals surface area contributed by atoms with E-state index >= 15 is 0 Å². The van der Waals surface area contributed by atoms with Gasteiger partial charge in [-0.15, -0.1) is 11.3 Å². The summed E-state index contributed by atoms with van der Waals surface area (Å²) in [6.07, 6.45) is 1.85. The van der Waals surface area contributed by atoms with Crippen molar-refractivity contribution in [1.29, 1.82) is 0 Å². The van der Waals surface area contributed by atoms with Crippen LogP contribution in [0.15, 0.2) is 23.7 Å². The van der Waals surface area contributed by atoms with Crippen LogP contribution in [0.3, 0.4) is 0 Å². The molecule has 0 aliphatic heterocycles. The van der Waals surface area contributed by atoms with Crippen LogP contribution in [-0.4, -0.2) is 17.6 Å². The van der Waals surface area contributed by atoms with E-state index in [-0.39, 0.29) is 0 Å². The molecule has 0 spiro atoms. The molecule has 3 nitrogen and oxygen atoms in total. The van der Waals surface area contributed by atoms with Crippen molar-refractivity contribution in [3.63, 3.8) is 0 Å². The summed E-state index contributed by atoms with van der Waals surface area (Å²) < 4.78 is 1.27. The van der Waals surface area contributed by atoms with Gasteiger partial charge in [0.2, 0.25) is 0 Å².